The molecule has 0 radical (unpaired) electrons. The van der Waals surface area contributed by atoms with Crippen molar-refractivity contribution in [3.8, 4) is 0 Å². The molecule has 0 fully saturated rings. The van der Waals surface area contributed by atoms with E-state index in [9.17, 15) is 25.0 Å². The molecular formula is C12H11N5O5. The lowest BCUT2D eigenvalue weighted by atomic mass is 10.2. The Kier molecular flexibility index (Phi) is 4.11. The van der Waals surface area contributed by atoms with Crippen LogP contribution in [0.2, 0.25) is 0 Å². The van der Waals surface area contributed by atoms with E-state index in [1.54, 1.807) is 6.92 Å². The average Bonchev–Trinajstić information content (AvgIpc) is 2.89. The molecule has 2 aromatic rings. The van der Waals surface area contributed by atoms with E-state index in [2.05, 4.69) is 10.3 Å². The van der Waals surface area contributed by atoms with E-state index in [-0.39, 0.29) is 18.1 Å². The average molecular weight is 305 g/mol. The molecule has 1 aromatic heterocycles. The Balaban J connectivity index is 2.09. The molecule has 0 aliphatic carbocycles. The van der Waals surface area contributed by atoms with Gasteiger partial charge in [0.25, 0.3) is 5.69 Å². The zero-order valence-electron chi connectivity index (χ0n) is 11.4. The molecule has 0 saturated heterocycles. The summed E-state index contributed by atoms with van der Waals surface area (Å²) in [5.74, 6) is -0.838. The van der Waals surface area contributed by atoms with Crippen molar-refractivity contribution in [2.45, 2.75) is 13.5 Å². The Bertz CT molecular complexity index is 754. The number of non-ortho nitro benzene ring substituents is 1. The van der Waals surface area contributed by atoms with Crippen LogP contribution in [0, 0.1) is 27.2 Å². The molecule has 10 nitrogen and oxygen atoms in total. The molecule has 0 aliphatic heterocycles. The molecule has 114 valence electrons. The van der Waals surface area contributed by atoms with Crippen molar-refractivity contribution in [1.82, 2.24) is 9.55 Å². The maximum absolute atomic E-state index is 11.9. The Morgan fingerprint density at radius 2 is 2.05 bits per heavy atom. The number of nitrogens with zero attached hydrogens (tertiary/aromatic N) is 4. The quantitative estimate of drug-likeness (QED) is 0.659. The van der Waals surface area contributed by atoms with Gasteiger partial charge in [-0.15, -0.1) is 0 Å². The number of benzene rings is 1. The van der Waals surface area contributed by atoms with Crippen LogP contribution in [0.25, 0.3) is 0 Å². The SMILES string of the molecule is Cc1ccc([N+](=O)[O-])cc1NC(=O)Cn1cnc([N+](=O)[O-])c1. The standard InChI is InChI=1S/C12H11N5O5/c1-8-2-3-9(16(19)20)4-10(8)14-12(18)6-15-5-11(13-7-15)17(21)22/h2-5,7H,6H2,1H3,(H,14,18). The fourth-order valence-corrected chi connectivity index (χ4v) is 1.74. The van der Waals surface area contributed by atoms with Gasteiger partial charge in [0.2, 0.25) is 12.2 Å². The highest BCUT2D eigenvalue weighted by Crippen LogP contribution is 2.21. The Morgan fingerprint density at radius 3 is 2.64 bits per heavy atom. The van der Waals surface area contributed by atoms with Crippen LogP contribution in [0.5, 0.6) is 0 Å². The molecule has 0 bridgehead atoms. The molecule has 0 saturated carbocycles. The molecule has 0 unspecified atom stereocenters. The highest BCUT2D eigenvalue weighted by Gasteiger charge is 2.14. The van der Waals surface area contributed by atoms with E-state index in [0.29, 0.717) is 11.3 Å². The van der Waals surface area contributed by atoms with Crippen LogP contribution in [-0.4, -0.2) is 25.3 Å². The van der Waals surface area contributed by atoms with E-state index in [4.69, 9.17) is 0 Å². The summed E-state index contributed by atoms with van der Waals surface area (Å²) in [5, 5.41) is 23.8. The number of amides is 1. The van der Waals surface area contributed by atoms with E-state index in [1.165, 1.54) is 22.8 Å². The van der Waals surface area contributed by atoms with Crippen LogP contribution in [0.4, 0.5) is 17.2 Å². The van der Waals surface area contributed by atoms with Crippen LogP contribution in [0.15, 0.2) is 30.7 Å². The first-order valence-electron chi connectivity index (χ1n) is 6.08. The summed E-state index contributed by atoms with van der Waals surface area (Å²) in [6.45, 7) is 1.50. The molecule has 2 rings (SSSR count). The molecule has 1 amide bonds. The number of hydrogen-bond acceptors (Lipinski definition) is 6. The normalized spacial score (nSPS) is 10.2. The summed E-state index contributed by atoms with van der Waals surface area (Å²) in [6, 6.07) is 4.11. The number of hydrogen-bond donors (Lipinski definition) is 1. The van der Waals surface area contributed by atoms with Gasteiger partial charge < -0.3 is 20.0 Å². The number of nitrogens with one attached hydrogen (secondary N) is 1. The monoisotopic (exact) mass is 305 g/mol. The minimum Gasteiger partial charge on any atom is -0.358 e. The first kappa shape index (κ1) is 15.1. The molecule has 0 spiro atoms. The minimum absolute atomic E-state index is 0.140. The van der Waals surface area contributed by atoms with Gasteiger partial charge in [0.1, 0.15) is 12.7 Å². The summed E-state index contributed by atoms with van der Waals surface area (Å²) >= 11 is 0. The maximum atomic E-state index is 11.9. The van der Waals surface area contributed by atoms with Gasteiger partial charge in [-0.2, -0.15) is 0 Å². The second-order valence-electron chi connectivity index (χ2n) is 4.47. The number of rotatable bonds is 5. The molecule has 22 heavy (non-hydrogen) atoms. The Morgan fingerprint density at radius 1 is 1.32 bits per heavy atom. The van der Waals surface area contributed by atoms with Gasteiger partial charge in [-0.05, 0) is 22.4 Å². The summed E-state index contributed by atoms with van der Waals surface area (Å²) < 4.78 is 1.25. The number of carbonyl (C=O) groups excluding carboxylic acids is 1. The lowest BCUT2D eigenvalue weighted by molar-refractivity contribution is -0.389. The van der Waals surface area contributed by atoms with Gasteiger partial charge in [-0.25, -0.2) is 0 Å². The molecule has 0 atom stereocenters. The molecule has 1 aromatic carbocycles. The highest BCUT2D eigenvalue weighted by atomic mass is 16.6. The van der Waals surface area contributed by atoms with Gasteiger partial charge >= 0.3 is 5.82 Å². The second-order valence-corrected chi connectivity index (χ2v) is 4.47. The van der Waals surface area contributed by atoms with Crippen LogP contribution in [0.1, 0.15) is 5.56 Å². The fourth-order valence-electron chi connectivity index (χ4n) is 1.74. The first-order valence-corrected chi connectivity index (χ1v) is 6.08. The number of anilines is 1. The number of carbonyl (C=O) groups is 1. The van der Waals surface area contributed by atoms with Gasteiger partial charge in [-0.1, -0.05) is 6.07 Å². The highest BCUT2D eigenvalue weighted by molar-refractivity contribution is 5.91. The zero-order chi connectivity index (χ0) is 16.3. The van der Waals surface area contributed by atoms with Crippen LogP contribution in [-0.2, 0) is 11.3 Å². The topological polar surface area (TPSA) is 133 Å². The molecule has 10 heteroatoms. The number of aromatic nitrogens is 2. The third-order valence-electron chi connectivity index (χ3n) is 2.84. The van der Waals surface area contributed by atoms with E-state index in [1.807, 2.05) is 0 Å². The van der Waals surface area contributed by atoms with Crippen LogP contribution in [0.3, 0.4) is 0 Å². The molecule has 1 N–H and O–H groups in total. The van der Waals surface area contributed by atoms with Crippen molar-refractivity contribution in [3.63, 3.8) is 0 Å². The number of nitro groups is 2. The molecule has 0 aliphatic rings. The Hall–Kier alpha value is -3.30. The summed E-state index contributed by atoms with van der Waals surface area (Å²) in [5.41, 5.74) is 0.837. The van der Waals surface area contributed by atoms with Gasteiger partial charge in [0.05, 0.1) is 10.6 Å². The van der Waals surface area contributed by atoms with Gasteiger partial charge in [0.15, 0.2) is 0 Å². The van der Waals surface area contributed by atoms with E-state index in [0.717, 1.165) is 12.5 Å². The van der Waals surface area contributed by atoms with Crippen molar-refractivity contribution in [2.75, 3.05) is 5.32 Å². The van der Waals surface area contributed by atoms with Crippen molar-refractivity contribution >= 4 is 23.1 Å². The van der Waals surface area contributed by atoms with Crippen molar-refractivity contribution in [2.24, 2.45) is 0 Å². The predicted molar refractivity (Wildman–Crippen MR) is 75.3 cm³/mol. The summed E-state index contributed by atoms with van der Waals surface area (Å²) in [6.07, 6.45) is 2.29. The lowest BCUT2D eigenvalue weighted by Crippen LogP contribution is -2.18. The van der Waals surface area contributed by atoms with Crippen LogP contribution >= 0.6 is 0 Å². The van der Waals surface area contributed by atoms with Crippen molar-refractivity contribution in [1.29, 1.82) is 0 Å². The second kappa shape index (κ2) is 5.99. The first-order chi connectivity index (χ1) is 10.4. The summed E-state index contributed by atoms with van der Waals surface area (Å²) in [4.78, 5) is 35.4. The van der Waals surface area contributed by atoms with Gasteiger partial charge in [0, 0.05) is 12.1 Å². The number of imidazole rings is 1. The Labute approximate surface area is 123 Å². The van der Waals surface area contributed by atoms with Gasteiger partial charge in [-0.3, -0.25) is 14.9 Å². The predicted octanol–water partition coefficient (Wildman–Crippen LogP) is 1.65. The van der Waals surface area contributed by atoms with E-state index >= 15 is 0 Å². The molecule has 1 heterocycles. The maximum Gasteiger partial charge on any atom is 0.381 e. The zero-order valence-corrected chi connectivity index (χ0v) is 11.4. The van der Waals surface area contributed by atoms with E-state index < -0.39 is 15.8 Å². The fraction of sp³-hybridized carbons (Fsp3) is 0.167. The lowest BCUT2D eigenvalue weighted by Gasteiger charge is -2.08. The molecular weight excluding hydrogens is 294 g/mol. The number of aryl methyl sites for hydroxylation is 1. The summed E-state index contributed by atoms with van der Waals surface area (Å²) in [7, 11) is 0. The van der Waals surface area contributed by atoms with Crippen LogP contribution < -0.4 is 5.32 Å². The third kappa shape index (κ3) is 3.42. The van der Waals surface area contributed by atoms with Crippen molar-refractivity contribution in [3.05, 3.63) is 56.5 Å². The minimum atomic E-state index is -0.668. The van der Waals surface area contributed by atoms with Crippen molar-refractivity contribution < 1.29 is 14.6 Å². The number of nitro benzene ring substituents is 1. The third-order valence-corrected chi connectivity index (χ3v) is 2.84. The smallest absolute Gasteiger partial charge is 0.358 e. The largest absolute Gasteiger partial charge is 0.381 e.